The second-order valence-electron chi connectivity index (χ2n) is 9.63. The number of nitrogens with zero attached hydrogens (tertiary/aromatic N) is 4. The summed E-state index contributed by atoms with van der Waals surface area (Å²) < 4.78 is 72.0. The van der Waals surface area contributed by atoms with Gasteiger partial charge >= 0.3 is 12.3 Å². The lowest BCUT2D eigenvalue weighted by Crippen LogP contribution is -2.48. The number of nitrogens with two attached hydrogens (primary N) is 1. The van der Waals surface area contributed by atoms with Crippen LogP contribution in [0.5, 0.6) is 5.75 Å². The highest BCUT2D eigenvalue weighted by Gasteiger charge is 2.42. The van der Waals surface area contributed by atoms with Crippen LogP contribution in [0.2, 0.25) is 0 Å². The number of hydrogen-bond donors (Lipinski definition) is 3. The Morgan fingerprint density at radius 2 is 1.98 bits per heavy atom. The van der Waals surface area contributed by atoms with Gasteiger partial charge in [0, 0.05) is 37.6 Å². The summed E-state index contributed by atoms with van der Waals surface area (Å²) >= 11 is 0.970. The maximum atomic E-state index is 13.2. The number of carbonyl (C=O) groups excluding carboxylic acids is 1. The molecule has 12 nitrogen and oxygen atoms in total. The lowest BCUT2D eigenvalue weighted by molar-refractivity contribution is -0.274. The van der Waals surface area contributed by atoms with Gasteiger partial charge in [0.1, 0.15) is 23.7 Å². The van der Waals surface area contributed by atoms with Crippen LogP contribution >= 0.6 is 11.3 Å². The molecule has 0 radical (unpaired) electrons. The number of hydrogen-bond acceptors (Lipinski definition) is 10. The maximum absolute atomic E-state index is 13.2. The molecule has 2 saturated heterocycles. The van der Waals surface area contributed by atoms with E-state index in [0.717, 1.165) is 48.2 Å². The number of halogens is 3. The number of alkyl halides is 3. The first kappa shape index (κ1) is 28.8. The van der Waals surface area contributed by atoms with Crippen LogP contribution < -0.4 is 20.1 Å². The van der Waals surface area contributed by atoms with Gasteiger partial charge in [0.25, 0.3) is 10.0 Å². The number of nitrogens with one attached hydrogen (secondary N) is 1. The van der Waals surface area contributed by atoms with Crippen LogP contribution in [0.25, 0.3) is 10.8 Å². The minimum atomic E-state index is -5.09. The third-order valence-corrected chi connectivity index (χ3v) is 9.92. The molecular formula is C24H25F3N6O6S2. The molecule has 4 heterocycles. The van der Waals surface area contributed by atoms with Gasteiger partial charge in [-0.15, -0.1) is 13.2 Å². The number of pyridine rings is 1. The van der Waals surface area contributed by atoms with Crippen LogP contribution in [-0.4, -0.2) is 78.3 Å². The van der Waals surface area contributed by atoms with E-state index >= 15 is 0 Å². The van der Waals surface area contributed by atoms with Crippen LogP contribution in [-0.2, 0) is 26.0 Å². The van der Waals surface area contributed by atoms with Gasteiger partial charge in [0.2, 0.25) is 5.91 Å². The number of rotatable bonds is 9. The van der Waals surface area contributed by atoms with Crippen molar-refractivity contribution in [2.24, 2.45) is 0 Å². The van der Waals surface area contributed by atoms with Crippen molar-refractivity contribution in [2.45, 2.75) is 48.3 Å². The van der Waals surface area contributed by atoms with E-state index in [2.05, 4.69) is 19.4 Å². The summed E-state index contributed by atoms with van der Waals surface area (Å²) in [4.78, 5) is 36.4. The standard InChI is InChI=1S/C24H25F3N6O6S2/c25-24(26,27)39-18-11-15-13(3-5-29-20(15)28)9-14(18)10-17(22(35)36)33-8-4-16(21(33)34)31-41(37,38)19-12-30-23(40-19)32-6-1-2-7-32/h3,5,9,11-12,16-17,31H,1-2,4,6-8,10H2,(H2,28,29)(H,35,36). The van der Waals surface area contributed by atoms with E-state index in [9.17, 15) is 36.3 Å². The van der Waals surface area contributed by atoms with Crippen molar-refractivity contribution in [3.63, 3.8) is 0 Å². The van der Waals surface area contributed by atoms with Gasteiger partial charge in [-0.25, -0.2) is 23.2 Å². The topological polar surface area (TPSA) is 168 Å². The number of anilines is 2. The van der Waals surface area contributed by atoms with Crippen molar-refractivity contribution in [1.82, 2.24) is 19.6 Å². The first-order chi connectivity index (χ1) is 19.3. The highest BCUT2D eigenvalue weighted by atomic mass is 32.2. The number of likely N-dealkylation sites (tertiary alicyclic amines) is 1. The van der Waals surface area contributed by atoms with Crippen molar-refractivity contribution in [3.05, 3.63) is 36.2 Å². The predicted molar refractivity (Wildman–Crippen MR) is 142 cm³/mol. The number of carbonyl (C=O) groups is 2. The van der Waals surface area contributed by atoms with E-state index in [1.165, 1.54) is 24.5 Å². The van der Waals surface area contributed by atoms with Crippen molar-refractivity contribution in [1.29, 1.82) is 0 Å². The number of fused-ring (bicyclic) bond motifs is 1. The molecule has 2 fully saturated rings. The minimum Gasteiger partial charge on any atom is -0.480 e. The van der Waals surface area contributed by atoms with E-state index in [-0.39, 0.29) is 33.9 Å². The Balaban J connectivity index is 1.37. The number of benzene rings is 1. The SMILES string of the molecule is Nc1nccc2cc(CC(C(=O)O)N3CCC(NS(=O)(=O)c4cnc(N5CCCC5)s4)C3=O)c(OC(F)(F)F)cc12. The zero-order chi connectivity index (χ0) is 29.5. The summed E-state index contributed by atoms with van der Waals surface area (Å²) in [6, 6.07) is 0.949. The van der Waals surface area contributed by atoms with Crippen LogP contribution in [0.3, 0.4) is 0 Å². The Kier molecular flexibility index (Phi) is 7.69. The number of sulfonamides is 1. The van der Waals surface area contributed by atoms with Gasteiger partial charge in [0.05, 0.1) is 6.20 Å². The molecule has 2 unspecified atom stereocenters. The van der Waals surface area contributed by atoms with E-state index in [1.54, 1.807) is 0 Å². The van der Waals surface area contributed by atoms with Crippen LogP contribution in [0.1, 0.15) is 24.8 Å². The number of carboxylic acids is 1. The number of ether oxygens (including phenoxy) is 1. The summed E-state index contributed by atoms with van der Waals surface area (Å²) in [6.07, 6.45) is -1.16. The molecule has 0 bridgehead atoms. The third-order valence-electron chi connectivity index (χ3n) is 6.93. The zero-order valence-corrected chi connectivity index (χ0v) is 22.9. The van der Waals surface area contributed by atoms with Gasteiger partial charge < -0.3 is 25.4 Å². The quantitative estimate of drug-likeness (QED) is 0.325. The lowest BCUT2D eigenvalue weighted by Gasteiger charge is -2.26. The molecule has 41 heavy (non-hydrogen) atoms. The zero-order valence-electron chi connectivity index (χ0n) is 21.3. The van der Waals surface area contributed by atoms with E-state index in [0.29, 0.717) is 10.5 Å². The summed E-state index contributed by atoms with van der Waals surface area (Å²) in [5.41, 5.74) is 5.65. The largest absolute Gasteiger partial charge is 0.573 e. The molecule has 4 N–H and O–H groups in total. The Hall–Kier alpha value is -3.70. The highest BCUT2D eigenvalue weighted by Crippen LogP contribution is 2.34. The molecule has 0 saturated carbocycles. The van der Waals surface area contributed by atoms with Gasteiger partial charge in [-0.05, 0) is 48.4 Å². The van der Waals surface area contributed by atoms with Crippen molar-refractivity contribution < 1.29 is 41.0 Å². The number of thiazole rings is 1. The average Bonchev–Trinajstić information content (AvgIpc) is 3.65. The Bertz CT molecular complexity index is 1590. The number of aromatic nitrogens is 2. The molecule has 1 amide bonds. The molecule has 5 rings (SSSR count). The smallest absolute Gasteiger partial charge is 0.480 e. The molecule has 2 aliphatic heterocycles. The van der Waals surface area contributed by atoms with Crippen LogP contribution in [0.15, 0.2) is 34.8 Å². The lowest BCUT2D eigenvalue weighted by atomic mass is 10.00. The fourth-order valence-corrected chi connectivity index (χ4v) is 7.39. The van der Waals surface area contributed by atoms with Gasteiger partial charge in [-0.3, -0.25) is 4.79 Å². The molecule has 220 valence electrons. The van der Waals surface area contributed by atoms with E-state index < -0.39 is 52.5 Å². The Morgan fingerprint density at radius 3 is 2.66 bits per heavy atom. The van der Waals surface area contributed by atoms with Gasteiger partial charge in [-0.1, -0.05) is 11.3 Å². The minimum absolute atomic E-state index is 0.0362. The van der Waals surface area contributed by atoms with Crippen LogP contribution in [0.4, 0.5) is 24.1 Å². The summed E-state index contributed by atoms with van der Waals surface area (Å²) in [7, 11) is -4.15. The molecule has 2 aromatic heterocycles. The van der Waals surface area contributed by atoms with E-state index in [4.69, 9.17) is 5.73 Å². The number of amides is 1. The molecule has 2 aliphatic rings. The number of carboxylic acid groups (broad SMARTS) is 1. The first-order valence-electron chi connectivity index (χ1n) is 12.5. The molecule has 2 atom stereocenters. The monoisotopic (exact) mass is 614 g/mol. The van der Waals surface area contributed by atoms with Crippen molar-refractivity contribution in [3.8, 4) is 5.75 Å². The fraction of sp³-hybridized carbons (Fsp3) is 0.417. The average molecular weight is 615 g/mol. The Labute approximate surface area is 236 Å². The predicted octanol–water partition coefficient (Wildman–Crippen LogP) is 2.35. The van der Waals surface area contributed by atoms with Crippen molar-refractivity contribution >= 4 is 55.0 Å². The first-order valence-corrected chi connectivity index (χ1v) is 14.8. The molecular weight excluding hydrogens is 589 g/mol. The Morgan fingerprint density at radius 1 is 1.24 bits per heavy atom. The van der Waals surface area contributed by atoms with Gasteiger partial charge in [-0.2, -0.15) is 4.72 Å². The third kappa shape index (κ3) is 6.15. The van der Waals surface area contributed by atoms with Crippen molar-refractivity contribution in [2.75, 3.05) is 30.3 Å². The molecule has 3 aromatic rings. The summed E-state index contributed by atoms with van der Waals surface area (Å²) in [6.45, 7) is 1.40. The number of nitrogen functional groups attached to an aromatic ring is 1. The van der Waals surface area contributed by atoms with Crippen LogP contribution in [0, 0.1) is 0 Å². The maximum Gasteiger partial charge on any atom is 0.573 e. The molecule has 1 aromatic carbocycles. The highest BCUT2D eigenvalue weighted by molar-refractivity contribution is 7.91. The molecule has 17 heteroatoms. The molecule has 0 aliphatic carbocycles. The molecule has 0 spiro atoms. The fourth-order valence-electron chi connectivity index (χ4n) is 4.98. The summed E-state index contributed by atoms with van der Waals surface area (Å²) in [5, 5.41) is 11.1. The van der Waals surface area contributed by atoms with E-state index in [1.807, 2.05) is 4.90 Å². The number of aliphatic carboxylic acids is 1. The normalized spacial score (nSPS) is 18.8. The second kappa shape index (κ2) is 10.9. The second-order valence-corrected chi connectivity index (χ2v) is 12.6. The summed E-state index contributed by atoms with van der Waals surface area (Å²) in [5.74, 6) is -3.02. The van der Waals surface area contributed by atoms with Gasteiger partial charge in [0.15, 0.2) is 9.34 Å².